The quantitative estimate of drug-likeness (QED) is 0.795. The summed E-state index contributed by atoms with van der Waals surface area (Å²) in [6.07, 6.45) is -3.06. The van der Waals surface area contributed by atoms with Crippen LogP contribution in [0.15, 0.2) is 24.3 Å². The highest BCUT2D eigenvalue weighted by Crippen LogP contribution is 2.32. The second kappa shape index (κ2) is 6.59. The average Bonchev–Trinajstić information content (AvgIpc) is 2.37. The summed E-state index contributed by atoms with van der Waals surface area (Å²) in [6.45, 7) is 4.73. The molecule has 1 aromatic rings. The predicted molar refractivity (Wildman–Crippen MR) is 67.9 cm³/mol. The molecule has 0 aliphatic rings. The summed E-state index contributed by atoms with van der Waals surface area (Å²) in [5, 5.41) is 0. The summed E-state index contributed by atoms with van der Waals surface area (Å²) >= 11 is 0. The molecule has 1 rings (SSSR count). The highest BCUT2D eigenvalue weighted by atomic mass is 19.4. The van der Waals surface area contributed by atoms with Crippen molar-refractivity contribution in [1.82, 2.24) is 4.90 Å². The molecule has 0 aliphatic heterocycles. The first-order chi connectivity index (χ1) is 8.91. The number of amides is 1. The predicted octanol–water partition coefficient (Wildman–Crippen LogP) is 3.97. The number of hydrogen-bond donors (Lipinski definition) is 0. The topological polar surface area (TPSA) is 20.3 Å². The highest BCUT2D eigenvalue weighted by Gasteiger charge is 2.35. The first-order valence-electron chi connectivity index (χ1n) is 6.37. The molecule has 106 valence electrons. The maximum Gasteiger partial charge on any atom is 0.417 e. The molecule has 0 radical (unpaired) electrons. The molecule has 19 heavy (non-hydrogen) atoms. The van der Waals surface area contributed by atoms with Crippen LogP contribution in [0, 0.1) is 0 Å². The van der Waals surface area contributed by atoms with Crippen LogP contribution in [-0.4, -0.2) is 23.9 Å². The maximum absolute atomic E-state index is 12.9. The normalized spacial score (nSPS) is 11.4. The SMILES string of the molecule is CCCN(CCC)C(=O)c1ccccc1C(F)(F)F. The van der Waals surface area contributed by atoms with Gasteiger partial charge in [-0.05, 0) is 25.0 Å². The van der Waals surface area contributed by atoms with Crippen LogP contribution in [0.5, 0.6) is 0 Å². The zero-order valence-electron chi connectivity index (χ0n) is 11.1. The van der Waals surface area contributed by atoms with Crippen molar-refractivity contribution >= 4 is 5.91 Å². The Balaban J connectivity index is 3.11. The van der Waals surface area contributed by atoms with Crippen molar-refractivity contribution in [1.29, 1.82) is 0 Å². The van der Waals surface area contributed by atoms with E-state index in [0.29, 0.717) is 13.1 Å². The fourth-order valence-electron chi connectivity index (χ4n) is 1.94. The van der Waals surface area contributed by atoms with E-state index in [2.05, 4.69) is 0 Å². The average molecular weight is 273 g/mol. The second-order valence-corrected chi connectivity index (χ2v) is 4.34. The van der Waals surface area contributed by atoms with Crippen LogP contribution >= 0.6 is 0 Å². The lowest BCUT2D eigenvalue weighted by atomic mass is 10.1. The van der Waals surface area contributed by atoms with E-state index in [1.54, 1.807) is 0 Å². The first kappa shape index (κ1) is 15.5. The van der Waals surface area contributed by atoms with E-state index >= 15 is 0 Å². The summed E-state index contributed by atoms with van der Waals surface area (Å²) in [5.41, 5.74) is -1.13. The van der Waals surface area contributed by atoms with Crippen LogP contribution in [0.2, 0.25) is 0 Å². The van der Waals surface area contributed by atoms with Crippen molar-refractivity contribution in [2.24, 2.45) is 0 Å². The number of halogens is 3. The van der Waals surface area contributed by atoms with Crippen molar-refractivity contribution in [2.75, 3.05) is 13.1 Å². The first-order valence-corrected chi connectivity index (χ1v) is 6.37. The van der Waals surface area contributed by atoms with Gasteiger partial charge in [-0.2, -0.15) is 13.2 Å². The molecule has 0 spiro atoms. The minimum Gasteiger partial charge on any atom is -0.339 e. The van der Waals surface area contributed by atoms with E-state index in [1.807, 2.05) is 13.8 Å². The Hall–Kier alpha value is -1.52. The van der Waals surface area contributed by atoms with E-state index in [4.69, 9.17) is 0 Å². The van der Waals surface area contributed by atoms with Crippen molar-refractivity contribution in [3.8, 4) is 0 Å². The molecular formula is C14H18F3NO. The number of benzene rings is 1. The van der Waals surface area contributed by atoms with Gasteiger partial charge in [0.2, 0.25) is 0 Å². The molecule has 0 unspecified atom stereocenters. The van der Waals surface area contributed by atoms with E-state index in [9.17, 15) is 18.0 Å². The monoisotopic (exact) mass is 273 g/mol. The van der Waals surface area contributed by atoms with Gasteiger partial charge in [0.05, 0.1) is 11.1 Å². The Morgan fingerprint density at radius 3 is 2.11 bits per heavy atom. The number of rotatable bonds is 5. The largest absolute Gasteiger partial charge is 0.417 e. The maximum atomic E-state index is 12.9. The molecular weight excluding hydrogens is 255 g/mol. The van der Waals surface area contributed by atoms with Crippen molar-refractivity contribution in [2.45, 2.75) is 32.9 Å². The standard InChI is InChI=1S/C14H18F3NO/c1-3-9-18(10-4-2)13(19)11-7-5-6-8-12(11)14(15,16)17/h5-8H,3-4,9-10H2,1-2H3. The van der Waals surface area contributed by atoms with Gasteiger partial charge >= 0.3 is 6.18 Å². The Bertz CT molecular complexity index is 423. The molecule has 5 heteroatoms. The highest BCUT2D eigenvalue weighted by molar-refractivity contribution is 5.95. The molecule has 0 saturated carbocycles. The summed E-state index contributed by atoms with van der Waals surface area (Å²) in [6, 6.07) is 4.94. The number of carbonyl (C=O) groups is 1. The third-order valence-corrected chi connectivity index (χ3v) is 2.74. The molecule has 1 aromatic carbocycles. The van der Waals surface area contributed by atoms with Crippen molar-refractivity contribution < 1.29 is 18.0 Å². The van der Waals surface area contributed by atoms with Gasteiger partial charge in [-0.3, -0.25) is 4.79 Å². The molecule has 0 N–H and O–H groups in total. The van der Waals surface area contributed by atoms with Crippen LogP contribution in [-0.2, 0) is 6.18 Å². The number of nitrogens with zero attached hydrogens (tertiary/aromatic N) is 1. The van der Waals surface area contributed by atoms with E-state index in [0.717, 1.165) is 18.9 Å². The third kappa shape index (κ3) is 3.98. The smallest absolute Gasteiger partial charge is 0.339 e. The Morgan fingerprint density at radius 2 is 1.63 bits per heavy atom. The lowest BCUT2D eigenvalue weighted by molar-refractivity contribution is -0.138. The minimum atomic E-state index is -4.50. The van der Waals surface area contributed by atoms with Gasteiger partial charge in [0.1, 0.15) is 0 Å². The summed E-state index contributed by atoms with van der Waals surface area (Å²) in [4.78, 5) is 13.7. The fraction of sp³-hybridized carbons (Fsp3) is 0.500. The van der Waals surface area contributed by atoms with Gasteiger partial charge in [-0.15, -0.1) is 0 Å². The van der Waals surface area contributed by atoms with Crippen molar-refractivity contribution in [3.05, 3.63) is 35.4 Å². The fourth-order valence-corrected chi connectivity index (χ4v) is 1.94. The third-order valence-electron chi connectivity index (χ3n) is 2.74. The van der Waals surface area contributed by atoms with Gasteiger partial charge in [-0.1, -0.05) is 26.0 Å². The molecule has 0 saturated heterocycles. The molecule has 0 bridgehead atoms. The Morgan fingerprint density at radius 1 is 1.11 bits per heavy atom. The summed E-state index contributed by atoms with van der Waals surface area (Å²) in [5.74, 6) is -0.545. The van der Waals surface area contributed by atoms with Gasteiger partial charge in [-0.25, -0.2) is 0 Å². The molecule has 0 fully saturated rings. The van der Waals surface area contributed by atoms with Crippen LogP contribution in [0.25, 0.3) is 0 Å². The molecule has 0 atom stereocenters. The molecule has 0 aliphatic carbocycles. The van der Waals surface area contributed by atoms with Gasteiger partial charge in [0.25, 0.3) is 5.91 Å². The zero-order chi connectivity index (χ0) is 14.5. The van der Waals surface area contributed by atoms with Gasteiger partial charge in [0, 0.05) is 13.1 Å². The van der Waals surface area contributed by atoms with Gasteiger partial charge in [0.15, 0.2) is 0 Å². The molecule has 0 aromatic heterocycles. The summed E-state index contributed by atoms with van der Waals surface area (Å²) < 4.78 is 38.6. The zero-order valence-corrected chi connectivity index (χ0v) is 11.1. The lowest BCUT2D eigenvalue weighted by Gasteiger charge is -2.23. The molecule has 2 nitrogen and oxygen atoms in total. The minimum absolute atomic E-state index is 0.267. The molecule has 0 heterocycles. The number of alkyl halides is 3. The lowest BCUT2D eigenvalue weighted by Crippen LogP contribution is -2.33. The van der Waals surface area contributed by atoms with Crippen LogP contribution in [0.3, 0.4) is 0 Å². The number of carbonyl (C=O) groups excluding carboxylic acids is 1. The van der Waals surface area contributed by atoms with E-state index in [-0.39, 0.29) is 5.56 Å². The van der Waals surface area contributed by atoms with Gasteiger partial charge < -0.3 is 4.90 Å². The Kier molecular flexibility index (Phi) is 5.39. The molecule has 1 amide bonds. The van der Waals surface area contributed by atoms with E-state index < -0.39 is 17.6 Å². The van der Waals surface area contributed by atoms with Crippen LogP contribution < -0.4 is 0 Å². The van der Waals surface area contributed by atoms with Crippen molar-refractivity contribution in [3.63, 3.8) is 0 Å². The van der Waals surface area contributed by atoms with Crippen LogP contribution in [0.4, 0.5) is 13.2 Å². The second-order valence-electron chi connectivity index (χ2n) is 4.34. The number of hydrogen-bond acceptors (Lipinski definition) is 1. The summed E-state index contributed by atoms with van der Waals surface area (Å²) in [7, 11) is 0. The van der Waals surface area contributed by atoms with Crippen LogP contribution in [0.1, 0.15) is 42.6 Å². The van der Waals surface area contributed by atoms with E-state index in [1.165, 1.54) is 23.1 Å². The Labute approximate surface area is 111 Å².